The van der Waals surface area contributed by atoms with Crippen LogP contribution in [-0.2, 0) is 14.8 Å². The van der Waals surface area contributed by atoms with Crippen molar-refractivity contribution in [2.75, 3.05) is 50.0 Å². The smallest absolute Gasteiger partial charge is 0.243 e. The van der Waals surface area contributed by atoms with Gasteiger partial charge in [0.2, 0.25) is 15.9 Å². The standard InChI is InChI=1S/C29H42N4O4S/c1-22-20-27(34)21-23(2)29(22)38(36,37)31(3)18-14-28(35)30-24-9-11-26(12-10-24)33-17-7-8-25(13-19-33)32-15-5-4-6-16-32/h9-12,20-21,25,34H,4-8,13-19H2,1-3H3,(H,30,35). The first kappa shape index (κ1) is 28.4. The zero-order valence-electron chi connectivity index (χ0n) is 22.9. The van der Waals surface area contributed by atoms with Crippen molar-refractivity contribution in [3.05, 3.63) is 47.5 Å². The highest BCUT2D eigenvalue weighted by Gasteiger charge is 2.26. The first-order valence-corrected chi connectivity index (χ1v) is 15.2. The molecule has 0 bridgehead atoms. The highest BCUT2D eigenvalue weighted by Crippen LogP contribution is 2.28. The van der Waals surface area contributed by atoms with Crippen LogP contribution < -0.4 is 10.2 Å². The van der Waals surface area contributed by atoms with Crippen molar-refractivity contribution in [3.63, 3.8) is 0 Å². The van der Waals surface area contributed by atoms with Crippen LogP contribution in [0.3, 0.4) is 0 Å². The Morgan fingerprint density at radius 2 is 1.63 bits per heavy atom. The summed E-state index contributed by atoms with van der Waals surface area (Å²) in [5.41, 5.74) is 2.83. The van der Waals surface area contributed by atoms with Crippen molar-refractivity contribution in [2.45, 2.75) is 69.7 Å². The van der Waals surface area contributed by atoms with E-state index in [1.54, 1.807) is 13.8 Å². The topological polar surface area (TPSA) is 93.2 Å². The van der Waals surface area contributed by atoms with Crippen molar-refractivity contribution in [1.82, 2.24) is 9.21 Å². The highest BCUT2D eigenvalue weighted by atomic mass is 32.2. The fourth-order valence-corrected chi connectivity index (χ4v) is 7.41. The van der Waals surface area contributed by atoms with Gasteiger partial charge in [0.05, 0.1) is 4.90 Å². The summed E-state index contributed by atoms with van der Waals surface area (Å²) in [4.78, 5) is 17.9. The van der Waals surface area contributed by atoms with Gasteiger partial charge in [-0.15, -0.1) is 0 Å². The summed E-state index contributed by atoms with van der Waals surface area (Å²) in [6.45, 7) is 7.96. The van der Waals surface area contributed by atoms with Crippen LogP contribution in [0.4, 0.5) is 11.4 Å². The van der Waals surface area contributed by atoms with E-state index >= 15 is 0 Å². The highest BCUT2D eigenvalue weighted by molar-refractivity contribution is 7.89. The number of carbonyl (C=O) groups excluding carboxylic acids is 1. The molecule has 8 nitrogen and oxygen atoms in total. The minimum absolute atomic E-state index is 0.0319. The number of amides is 1. The van der Waals surface area contributed by atoms with Gasteiger partial charge in [-0.1, -0.05) is 6.42 Å². The summed E-state index contributed by atoms with van der Waals surface area (Å²) in [6, 6.07) is 11.5. The van der Waals surface area contributed by atoms with Crippen molar-refractivity contribution >= 4 is 27.3 Å². The fraction of sp³-hybridized carbons (Fsp3) is 0.552. The van der Waals surface area contributed by atoms with Crippen LogP contribution in [0.25, 0.3) is 0 Å². The average molecular weight is 543 g/mol. The fourth-order valence-electron chi connectivity index (χ4n) is 5.83. The second-order valence-electron chi connectivity index (χ2n) is 10.7. The van der Waals surface area contributed by atoms with Gasteiger partial charge in [-0.05, 0) is 107 Å². The molecule has 2 N–H and O–H groups in total. The van der Waals surface area contributed by atoms with Gasteiger partial charge in [0.25, 0.3) is 0 Å². The van der Waals surface area contributed by atoms with E-state index in [9.17, 15) is 18.3 Å². The maximum atomic E-state index is 13.1. The van der Waals surface area contributed by atoms with Crippen molar-refractivity contribution in [3.8, 4) is 5.75 Å². The lowest BCUT2D eigenvalue weighted by Crippen LogP contribution is -2.39. The molecule has 0 aliphatic carbocycles. The number of hydrogen-bond donors (Lipinski definition) is 2. The molecule has 1 unspecified atom stereocenters. The zero-order chi connectivity index (χ0) is 27.3. The lowest BCUT2D eigenvalue weighted by Gasteiger charge is -2.34. The van der Waals surface area contributed by atoms with Crippen LogP contribution >= 0.6 is 0 Å². The summed E-state index contributed by atoms with van der Waals surface area (Å²) >= 11 is 0. The van der Waals surface area contributed by atoms with E-state index in [1.165, 1.54) is 80.8 Å². The average Bonchev–Trinajstić information content (AvgIpc) is 3.14. The molecule has 38 heavy (non-hydrogen) atoms. The second-order valence-corrected chi connectivity index (χ2v) is 12.7. The Bertz CT molecular complexity index is 1190. The van der Waals surface area contributed by atoms with Crippen LogP contribution in [0.15, 0.2) is 41.3 Å². The summed E-state index contributed by atoms with van der Waals surface area (Å²) in [7, 11) is -2.31. The van der Waals surface area contributed by atoms with Crippen molar-refractivity contribution < 1.29 is 18.3 Å². The molecule has 2 aromatic rings. The Labute approximate surface area is 227 Å². The SMILES string of the molecule is Cc1cc(O)cc(C)c1S(=O)(=O)N(C)CCC(=O)Nc1ccc(N2CCCC(N3CCCCC3)CC2)cc1. The molecule has 1 amide bonds. The van der Waals surface area contributed by atoms with Crippen LogP contribution in [0.2, 0.25) is 0 Å². The minimum atomic E-state index is -3.78. The third-order valence-electron chi connectivity index (χ3n) is 7.89. The third kappa shape index (κ3) is 6.87. The molecule has 2 heterocycles. The maximum absolute atomic E-state index is 13.1. The van der Waals surface area contributed by atoms with Gasteiger partial charge in [-0.25, -0.2) is 12.7 Å². The molecule has 0 saturated carbocycles. The number of likely N-dealkylation sites (tertiary alicyclic amines) is 1. The Morgan fingerprint density at radius 3 is 2.29 bits per heavy atom. The van der Waals surface area contributed by atoms with E-state index in [4.69, 9.17) is 0 Å². The number of nitrogens with one attached hydrogen (secondary N) is 1. The van der Waals surface area contributed by atoms with E-state index in [0.29, 0.717) is 22.9 Å². The molecule has 0 spiro atoms. The van der Waals surface area contributed by atoms with Gasteiger partial charge in [0, 0.05) is 50.5 Å². The van der Waals surface area contributed by atoms with Crippen molar-refractivity contribution in [2.24, 2.45) is 0 Å². The van der Waals surface area contributed by atoms with Gasteiger partial charge < -0.3 is 20.2 Å². The van der Waals surface area contributed by atoms with Gasteiger partial charge in [-0.3, -0.25) is 4.79 Å². The number of hydrogen-bond acceptors (Lipinski definition) is 6. The monoisotopic (exact) mass is 542 g/mol. The van der Waals surface area contributed by atoms with E-state index in [2.05, 4.69) is 27.2 Å². The number of rotatable bonds is 8. The molecule has 1 atom stereocenters. The molecule has 4 rings (SSSR count). The Balaban J connectivity index is 1.28. The largest absolute Gasteiger partial charge is 0.508 e. The number of phenols is 1. The molecular formula is C29H42N4O4S. The van der Waals surface area contributed by atoms with Gasteiger partial charge in [0.1, 0.15) is 5.75 Å². The first-order chi connectivity index (χ1) is 18.1. The molecular weight excluding hydrogens is 500 g/mol. The lowest BCUT2D eigenvalue weighted by molar-refractivity contribution is -0.116. The quantitative estimate of drug-likeness (QED) is 0.510. The van der Waals surface area contributed by atoms with Crippen LogP contribution in [-0.4, -0.2) is 74.4 Å². The number of aryl methyl sites for hydroxylation is 2. The van der Waals surface area contributed by atoms with Crippen LogP contribution in [0.5, 0.6) is 5.75 Å². The molecule has 2 aliphatic rings. The maximum Gasteiger partial charge on any atom is 0.243 e. The van der Waals surface area contributed by atoms with Gasteiger partial charge >= 0.3 is 0 Å². The molecule has 0 aromatic heterocycles. The van der Waals surface area contributed by atoms with Crippen molar-refractivity contribution in [1.29, 1.82) is 0 Å². The molecule has 2 fully saturated rings. The molecule has 9 heteroatoms. The van der Waals surface area contributed by atoms with Gasteiger partial charge in [-0.2, -0.15) is 0 Å². The molecule has 2 aliphatic heterocycles. The number of anilines is 2. The Morgan fingerprint density at radius 1 is 0.974 bits per heavy atom. The minimum Gasteiger partial charge on any atom is -0.508 e. The number of sulfonamides is 1. The third-order valence-corrected chi connectivity index (χ3v) is 10.1. The molecule has 2 aromatic carbocycles. The predicted molar refractivity (Wildman–Crippen MR) is 152 cm³/mol. The predicted octanol–water partition coefficient (Wildman–Crippen LogP) is 4.50. The lowest BCUT2D eigenvalue weighted by atomic mass is 10.0. The number of nitrogens with zero attached hydrogens (tertiary/aromatic N) is 3. The molecule has 2 saturated heterocycles. The Kier molecular flexibility index (Phi) is 9.33. The normalized spacial score (nSPS) is 19.4. The number of phenolic OH excluding ortho intramolecular Hbond substituents is 1. The number of piperidine rings is 1. The molecule has 208 valence electrons. The first-order valence-electron chi connectivity index (χ1n) is 13.8. The van der Waals surface area contributed by atoms with E-state index in [1.807, 2.05) is 12.1 Å². The van der Waals surface area contributed by atoms with E-state index in [-0.39, 0.29) is 29.5 Å². The molecule has 0 radical (unpaired) electrons. The number of aromatic hydroxyl groups is 1. The zero-order valence-corrected chi connectivity index (χ0v) is 23.8. The van der Waals surface area contributed by atoms with Gasteiger partial charge in [0.15, 0.2) is 0 Å². The van der Waals surface area contributed by atoms with E-state index < -0.39 is 10.0 Å². The summed E-state index contributed by atoms with van der Waals surface area (Å²) < 4.78 is 27.4. The number of benzene rings is 2. The Hall–Kier alpha value is -2.62. The summed E-state index contributed by atoms with van der Waals surface area (Å²) in [5.74, 6) is -0.206. The van der Waals surface area contributed by atoms with Crippen LogP contribution in [0, 0.1) is 13.8 Å². The summed E-state index contributed by atoms with van der Waals surface area (Å²) in [5, 5.41) is 12.6. The van der Waals surface area contributed by atoms with E-state index in [0.717, 1.165) is 13.1 Å². The second kappa shape index (κ2) is 12.5. The van der Waals surface area contributed by atoms with Crippen LogP contribution in [0.1, 0.15) is 56.1 Å². The summed E-state index contributed by atoms with van der Waals surface area (Å²) in [6.07, 6.45) is 7.72. The number of carbonyl (C=O) groups is 1.